The Morgan fingerprint density at radius 1 is 1.10 bits per heavy atom. The number of carbonyl (C=O) groups excluding carboxylic acids is 1. The number of nitrogens with one attached hydrogen (secondary N) is 2. The Kier molecular flexibility index (Phi) is 5.43. The second-order valence-corrected chi connectivity index (χ2v) is 6.35. The van der Waals surface area contributed by atoms with Crippen molar-refractivity contribution < 1.29 is 9.53 Å². The van der Waals surface area contributed by atoms with Gasteiger partial charge in [0.2, 0.25) is 0 Å². The molecular formula is C16H26N2O2. The Hall–Kier alpha value is -1.71. The number of rotatable bonds is 4. The van der Waals surface area contributed by atoms with Crippen LogP contribution < -0.4 is 10.6 Å². The maximum absolute atomic E-state index is 11.8. The van der Waals surface area contributed by atoms with Gasteiger partial charge in [-0.25, -0.2) is 4.79 Å². The van der Waals surface area contributed by atoms with E-state index >= 15 is 0 Å². The van der Waals surface area contributed by atoms with Crippen LogP contribution in [-0.2, 0) is 4.74 Å². The molecule has 0 aliphatic rings. The van der Waals surface area contributed by atoms with Crippen LogP contribution in [0.1, 0.15) is 41.5 Å². The molecule has 20 heavy (non-hydrogen) atoms. The van der Waals surface area contributed by atoms with Crippen molar-refractivity contribution >= 4 is 17.5 Å². The molecular weight excluding hydrogens is 252 g/mol. The van der Waals surface area contributed by atoms with Gasteiger partial charge in [0.05, 0.1) is 11.4 Å². The van der Waals surface area contributed by atoms with Crippen LogP contribution in [0.15, 0.2) is 24.3 Å². The monoisotopic (exact) mass is 278 g/mol. The summed E-state index contributed by atoms with van der Waals surface area (Å²) in [5.41, 5.74) is 1.13. The van der Waals surface area contributed by atoms with Crippen LogP contribution in [0.25, 0.3) is 0 Å². The maximum Gasteiger partial charge on any atom is 0.412 e. The molecule has 1 unspecified atom stereocenters. The van der Waals surface area contributed by atoms with E-state index in [4.69, 9.17) is 4.74 Å². The van der Waals surface area contributed by atoms with Crippen LogP contribution >= 0.6 is 0 Å². The van der Waals surface area contributed by atoms with Crippen LogP contribution in [0.2, 0.25) is 0 Å². The zero-order valence-corrected chi connectivity index (χ0v) is 13.3. The Balaban J connectivity index is 2.78. The standard InChI is InChI=1S/C16H26N2O2/c1-11(2)12(3)17-13-9-7-8-10-14(13)18-15(19)20-16(4,5)6/h7-12,17H,1-6H3,(H,18,19). The quantitative estimate of drug-likeness (QED) is 0.853. The van der Waals surface area contributed by atoms with Gasteiger partial charge in [0, 0.05) is 6.04 Å². The average Bonchev–Trinajstić information content (AvgIpc) is 2.28. The molecule has 112 valence electrons. The molecule has 1 aromatic rings. The van der Waals surface area contributed by atoms with Crippen molar-refractivity contribution in [2.24, 2.45) is 5.92 Å². The van der Waals surface area contributed by atoms with E-state index in [1.165, 1.54) is 0 Å². The van der Waals surface area contributed by atoms with Crippen molar-refractivity contribution in [2.75, 3.05) is 10.6 Å². The van der Waals surface area contributed by atoms with Gasteiger partial charge >= 0.3 is 6.09 Å². The lowest BCUT2D eigenvalue weighted by Gasteiger charge is -2.23. The number of hydrogen-bond acceptors (Lipinski definition) is 3. The van der Waals surface area contributed by atoms with Gasteiger partial charge in [-0.3, -0.25) is 5.32 Å². The van der Waals surface area contributed by atoms with Crippen molar-refractivity contribution in [2.45, 2.75) is 53.2 Å². The van der Waals surface area contributed by atoms with Crippen LogP contribution in [-0.4, -0.2) is 17.7 Å². The van der Waals surface area contributed by atoms with Crippen LogP contribution in [0.5, 0.6) is 0 Å². The van der Waals surface area contributed by atoms with E-state index in [2.05, 4.69) is 31.4 Å². The molecule has 0 heterocycles. The summed E-state index contributed by atoms with van der Waals surface area (Å²) in [6.07, 6.45) is -0.441. The third-order valence-electron chi connectivity index (χ3n) is 2.95. The lowest BCUT2D eigenvalue weighted by atomic mass is 10.1. The third-order valence-corrected chi connectivity index (χ3v) is 2.95. The minimum Gasteiger partial charge on any atom is -0.444 e. The first kappa shape index (κ1) is 16.3. The van der Waals surface area contributed by atoms with Crippen LogP contribution in [0.3, 0.4) is 0 Å². The first-order valence-corrected chi connectivity index (χ1v) is 7.04. The Labute approximate surface area is 121 Å². The number of ether oxygens (including phenoxy) is 1. The van der Waals surface area contributed by atoms with E-state index in [0.29, 0.717) is 12.0 Å². The Morgan fingerprint density at radius 3 is 2.15 bits per heavy atom. The summed E-state index contributed by atoms with van der Waals surface area (Å²) in [4.78, 5) is 11.8. The van der Waals surface area contributed by atoms with E-state index in [1.54, 1.807) is 0 Å². The van der Waals surface area contributed by atoms with E-state index < -0.39 is 11.7 Å². The molecule has 1 rings (SSSR count). The van der Waals surface area contributed by atoms with Gasteiger partial charge in [-0.05, 0) is 45.7 Å². The van der Waals surface area contributed by atoms with E-state index in [0.717, 1.165) is 11.4 Å². The highest BCUT2D eigenvalue weighted by molar-refractivity contribution is 5.89. The molecule has 1 amide bonds. The second-order valence-electron chi connectivity index (χ2n) is 6.35. The molecule has 2 N–H and O–H groups in total. The first-order chi connectivity index (χ1) is 9.19. The Morgan fingerprint density at radius 2 is 1.65 bits per heavy atom. The largest absolute Gasteiger partial charge is 0.444 e. The minimum absolute atomic E-state index is 0.316. The molecule has 4 heteroatoms. The molecule has 0 fully saturated rings. The second kappa shape index (κ2) is 6.64. The van der Waals surface area contributed by atoms with Gasteiger partial charge in [0.25, 0.3) is 0 Å². The van der Waals surface area contributed by atoms with Crippen molar-refractivity contribution in [1.29, 1.82) is 0 Å². The van der Waals surface area contributed by atoms with Crippen molar-refractivity contribution in [1.82, 2.24) is 0 Å². The van der Waals surface area contributed by atoms with Crippen LogP contribution in [0.4, 0.5) is 16.2 Å². The van der Waals surface area contributed by atoms with Gasteiger partial charge < -0.3 is 10.1 Å². The molecule has 0 aliphatic carbocycles. The molecule has 0 spiro atoms. The molecule has 0 aromatic heterocycles. The highest BCUT2D eigenvalue weighted by Crippen LogP contribution is 2.24. The number of anilines is 2. The highest BCUT2D eigenvalue weighted by Gasteiger charge is 2.17. The molecule has 0 bridgehead atoms. The van der Waals surface area contributed by atoms with Crippen LogP contribution in [0, 0.1) is 5.92 Å². The number of para-hydroxylation sites is 2. The predicted octanol–water partition coefficient (Wildman–Crippen LogP) is 4.49. The molecule has 0 saturated heterocycles. The average molecular weight is 278 g/mol. The van der Waals surface area contributed by atoms with Gasteiger partial charge in [-0.15, -0.1) is 0 Å². The number of benzene rings is 1. The number of hydrogen-bond donors (Lipinski definition) is 2. The smallest absolute Gasteiger partial charge is 0.412 e. The van der Waals surface area contributed by atoms with Crippen molar-refractivity contribution in [3.63, 3.8) is 0 Å². The minimum atomic E-state index is -0.502. The SMILES string of the molecule is CC(C)C(C)Nc1ccccc1NC(=O)OC(C)(C)C. The fourth-order valence-corrected chi connectivity index (χ4v) is 1.54. The maximum atomic E-state index is 11.8. The fraction of sp³-hybridized carbons (Fsp3) is 0.562. The summed E-state index contributed by atoms with van der Waals surface area (Å²) in [5.74, 6) is 0.504. The van der Waals surface area contributed by atoms with Gasteiger partial charge in [-0.2, -0.15) is 0 Å². The van der Waals surface area contributed by atoms with E-state index in [1.807, 2.05) is 45.0 Å². The molecule has 0 aliphatic heterocycles. The van der Waals surface area contributed by atoms with Gasteiger partial charge in [0.15, 0.2) is 0 Å². The zero-order valence-electron chi connectivity index (χ0n) is 13.3. The molecule has 4 nitrogen and oxygen atoms in total. The van der Waals surface area contributed by atoms with Gasteiger partial charge in [-0.1, -0.05) is 26.0 Å². The highest BCUT2D eigenvalue weighted by atomic mass is 16.6. The topological polar surface area (TPSA) is 50.4 Å². The molecule has 0 saturated carbocycles. The summed E-state index contributed by atoms with van der Waals surface area (Å²) < 4.78 is 5.27. The summed E-state index contributed by atoms with van der Waals surface area (Å²) in [5, 5.41) is 6.20. The third kappa shape index (κ3) is 5.51. The molecule has 1 aromatic carbocycles. The van der Waals surface area contributed by atoms with Crippen molar-refractivity contribution in [3.8, 4) is 0 Å². The fourth-order valence-electron chi connectivity index (χ4n) is 1.54. The zero-order chi connectivity index (χ0) is 15.3. The number of amides is 1. The lowest BCUT2D eigenvalue weighted by Crippen LogP contribution is -2.28. The predicted molar refractivity (Wildman–Crippen MR) is 84.2 cm³/mol. The van der Waals surface area contributed by atoms with Crippen molar-refractivity contribution in [3.05, 3.63) is 24.3 Å². The summed E-state index contributed by atoms with van der Waals surface area (Å²) in [7, 11) is 0. The number of carbonyl (C=O) groups is 1. The Bertz CT molecular complexity index is 450. The lowest BCUT2D eigenvalue weighted by molar-refractivity contribution is 0.0636. The summed E-state index contributed by atoms with van der Waals surface area (Å²) >= 11 is 0. The molecule has 0 radical (unpaired) electrons. The molecule has 1 atom stereocenters. The summed E-state index contributed by atoms with van der Waals surface area (Å²) in [6.45, 7) is 12.0. The van der Waals surface area contributed by atoms with E-state index in [-0.39, 0.29) is 0 Å². The summed E-state index contributed by atoms with van der Waals surface area (Å²) in [6, 6.07) is 7.95. The van der Waals surface area contributed by atoms with Gasteiger partial charge in [0.1, 0.15) is 5.60 Å². The normalized spacial score (nSPS) is 12.9. The first-order valence-electron chi connectivity index (χ1n) is 7.04. The van der Waals surface area contributed by atoms with E-state index in [9.17, 15) is 4.79 Å².